The number of nitrogens with zero attached hydrogens (tertiary/aromatic N) is 1. The van der Waals surface area contributed by atoms with E-state index in [1.54, 1.807) is 6.26 Å². The van der Waals surface area contributed by atoms with Crippen LogP contribution in [-0.4, -0.2) is 30.6 Å². The van der Waals surface area contributed by atoms with Gasteiger partial charge in [0.1, 0.15) is 5.76 Å². The van der Waals surface area contributed by atoms with Crippen LogP contribution in [0.5, 0.6) is 0 Å². The molecule has 1 aliphatic rings. The maximum Gasteiger partial charge on any atom is 0.117 e. The van der Waals surface area contributed by atoms with Crippen LogP contribution in [0.25, 0.3) is 0 Å². The van der Waals surface area contributed by atoms with Crippen LogP contribution < -0.4 is 5.32 Å². The number of piperidine rings is 1. The quantitative estimate of drug-likeness (QED) is 0.845. The Morgan fingerprint density at radius 3 is 3.06 bits per heavy atom. The van der Waals surface area contributed by atoms with Crippen LogP contribution in [0.2, 0.25) is 0 Å². The highest BCUT2D eigenvalue weighted by Gasteiger charge is 2.25. The molecule has 0 amide bonds. The summed E-state index contributed by atoms with van der Waals surface area (Å²) in [5.74, 6) is 1.80. The van der Waals surface area contributed by atoms with Crippen LogP contribution in [-0.2, 0) is 6.54 Å². The zero-order chi connectivity index (χ0) is 11.4. The molecule has 3 heteroatoms. The van der Waals surface area contributed by atoms with Crippen molar-refractivity contribution >= 4 is 0 Å². The molecule has 1 aromatic rings. The fourth-order valence-corrected chi connectivity index (χ4v) is 2.56. The number of nitrogens with one attached hydrogen (secondary N) is 1. The highest BCUT2D eigenvalue weighted by molar-refractivity contribution is 4.98. The van der Waals surface area contributed by atoms with Gasteiger partial charge in [-0.05, 0) is 31.0 Å². The summed E-state index contributed by atoms with van der Waals surface area (Å²) in [7, 11) is 0. The van der Waals surface area contributed by atoms with Gasteiger partial charge in [0.2, 0.25) is 0 Å². The van der Waals surface area contributed by atoms with Crippen molar-refractivity contribution in [2.75, 3.05) is 19.6 Å². The zero-order valence-electron chi connectivity index (χ0n) is 10.3. The molecule has 0 aromatic carbocycles. The second-order valence-corrected chi connectivity index (χ2v) is 4.74. The molecular formula is C13H22N2O. The molecule has 1 N–H and O–H groups in total. The zero-order valence-corrected chi connectivity index (χ0v) is 10.3. The Kier molecular flexibility index (Phi) is 4.02. The molecule has 2 rings (SSSR count). The average Bonchev–Trinajstić information content (AvgIpc) is 2.75. The van der Waals surface area contributed by atoms with E-state index in [0.29, 0.717) is 6.04 Å². The molecular weight excluding hydrogens is 200 g/mol. The van der Waals surface area contributed by atoms with Crippen molar-refractivity contribution in [3.63, 3.8) is 0 Å². The van der Waals surface area contributed by atoms with Crippen molar-refractivity contribution in [1.29, 1.82) is 0 Å². The summed E-state index contributed by atoms with van der Waals surface area (Å²) in [5.41, 5.74) is 0. The normalized spacial score (nSPS) is 27.1. The van der Waals surface area contributed by atoms with E-state index in [2.05, 4.69) is 30.1 Å². The highest BCUT2D eigenvalue weighted by Crippen LogP contribution is 2.18. The first-order chi connectivity index (χ1) is 7.79. The van der Waals surface area contributed by atoms with Gasteiger partial charge in [-0.15, -0.1) is 0 Å². The molecule has 2 unspecified atom stereocenters. The lowest BCUT2D eigenvalue weighted by molar-refractivity contribution is 0.134. The standard InChI is InChI=1S/C13H22N2O/c1-3-14-13-6-7-15(9-11(13)2)10-12-5-4-8-16-12/h4-5,8,11,13-14H,3,6-7,9-10H2,1-2H3. The third-order valence-corrected chi connectivity index (χ3v) is 3.42. The molecule has 0 bridgehead atoms. The minimum Gasteiger partial charge on any atom is -0.468 e. The van der Waals surface area contributed by atoms with Crippen LogP contribution in [0.3, 0.4) is 0 Å². The van der Waals surface area contributed by atoms with Gasteiger partial charge in [0.25, 0.3) is 0 Å². The first-order valence-electron chi connectivity index (χ1n) is 6.27. The van der Waals surface area contributed by atoms with E-state index in [-0.39, 0.29) is 0 Å². The number of hydrogen-bond acceptors (Lipinski definition) is 3. The lowest BCUT2D eigenvalue weighted by Crippen LogP contribution is -2.47. The summed E-state index contributed by atoms with van der Waals surface area (Å²) in [4.78, 5) is 2.48. The van der Waals surface area contributed by atoms with E-state index in [1.807, 2.05) is 6.07 Å². The molecule has 1 aromatic heterocycles. The second-order valence-electron chi connectivity index (χ2n) is 4.74. The summed E-state index contributed by atoms with van der Waals surface area (Å²) < 4.78 is 5.39. The highest BCUT2D eigenvalue weighted by atomic mass is 16.3. The number of rotatable bonds is 4. The van der Waals surface area contributed by atoms with E-state index >= 15 is 0 Å². The molecule has 0 radical (unpaired) electrons. The van der Waals surface area contributed by atoms with Crippen LogP contribution in [0.1, 0.15) is 26.0 Å². The van der Waals surface area contributed by atoms with Gasteiger partial charge in [-0.1, -0.05) is 13.8 Å². The minimum absolute atomic E-state index is 0.692. The van der Waals surface area contributed by atoms with E-state index in [0.717, 1.165) is 24.8 Å². The summed E-state index contributed by atoms with van der Waals surface area (Å²) in [6, 6.07) is 4.71. The van der Waals surface area contributed by atoms with Crippen LogP contribution in [0.15, 0.2) is 22.8 Å². The predicted octanol–water partition coefficient (Wildman–Crippen LogP) is 2.10. The van der Waals surface area contributed by atoms with Crippen LogP contribution in [0, 0.1) is 5.92 Å². The fraction of sp³-hybridized carbons (Fsp3) is 0.692. The Morgan fingerprint density at radius 1 is 1.56 bits per heavy atom. The molecule has 2 atom stereocenters. The van der Waals surface area contributed by atoms with Crippen molar-refractivity contribution in [3.8, 4) is 0 Å². The fourth-order valence-electron chi connectivity index (χ4n) is 2.56. The monoisotopic (exact) mass is 222 g/mol. The topological polar surface area (TPSA) is 28.4 Å². The van der Waals surface area contributed by atoms with E-state index < -0.39 is 0 Å². The summed E-state index contributed by atoms with van der Waals surface area (Å²) in [6.07, 6.45) is 3.00. The first kappa shape index (κ1) is 11.7. The number of hydrogen-bond donors (Lipinski definition) is 1. The lowest BCUT2D eigenvalue weighted by Gasteiger charge is -2.36. The second kappa shape index (κ2) is 5.51. The van der Waals surface area contributed by atoms with Gasteiger partial charge in [0.15, 0.2) is 0 Å². The lowest BCUT2D eigenvalue weighted by atomic mass is 9.94. The van der Waals surface area contributed by atoms with Gasteiger partial charge in [-0.3, -0.25) is 4.90 Å². The molecule has 0 saturated carbocycles. The summed E-state index contributed by atoms with van der Waals surface area (Å²) in [5, 5.41) is 3.56. The Hall–Kier alpha value is -0.800. The van der Waals surface area contributed by atoms with Crippen molar-refractivity contribution in [1.82, 2.24) is 10.2 Å². The average molecular weight is 222 g/mol. The molecule has 1 fully saturated rings. The van der Waals surface area contributed by atoms with Crippen molar-refractivity contribution in [2.45, 2.75) is 32.9 Å². The van der Waals surface area contributed by atoms with Crippen molar-refractivity contribution in [2.24, 2.45) is 5.92 Å². The Balaban J connectivity index is 1.82. The van der Waals surface area contributed by atoms with Crippen molar-refractivity contribution in [3.05, 3.63) is 24.2 Å². The Morgan fingerprint density at radius 2 is 2.44 bits per heavy atom. The van der Waals surface area contributed by atoms with Gasteiger partial charge in [0, 0.05) is 19.1 Å². The largest absolute Gasteiger partial charge is 0.468 e. The van der Waals surface area contributed by atoms with E-state index in [1.165, 1.54) is 19.5 Å². The van der Waals surface area contributed by atoms with Gasteiger partial charge in [-0.25, -0.2) is 0 Å². The molecule has 90 valence electrons. The van der Waals surface area contributed by atoms with Crippen LogP contribution in [0.4, 0.5) is 0 Å². The maximum atomic E-state index is 5.39. The smallest absolute Gasteiger partial charge is 0.117 e. The Labute approximate surface area is 97.8 Å². The molecule has 3 nitrogen and oxygen atoms in total. The molecule has 2 heterocycles. The molecule has 1 saturated heterocycles. The molecule has 16 heavy (non-hydrogen) atoms. The van der Waals surface area contributed by atoms with Gasteiger partial charge in [0.05, 0.1) is 12.8 Å². The van der Waals surface area contributed by atoms with Gasteiger partial charge < -0.3 is 9.73 Å². The summed E-state index contributed by atoms with van der Waals surface area (Å²) in [6.45, 7) is 8.88. The first-order valence-corrected chi connectivity index (χ1v) is 6.27. The number of furan rings is 1. The molecule has 0 spiro atoms. The van der Waals surface area contributed by atoms with Gasteiger partial charge >= 0.3 is 0 Å². The van der Waals surface area contributed by atoms with Gasteiger partial charge in [-0.2, -0.15) is 0 Å². The van der Waals surface area contributed by atoms with E-state index in [9.17, 15) is 0 Å². The van der Waals surface area contributed by atoms with Crippen molar-refractivity contribution < 1.29 is 4.42 Å². The van der Waals surface area contributed by atoms with Crippen LogP contribution >= 0.6 is 0 Å². The number of likely N-dealkylation sites (tertiary alicyclic amines) is 1. The third-order valence-electron chi connectivity index (χ3n) is 3.42. The Bertz CT molecular complexity index is 297. The SMILES string of the molecule is CCNC1CCN(Cc2ccco2)CC1C. The molecule has 0 aliphatic carbocycles. The minimum atomic E-state index is 0.692. The molecule has 1 aliphatic heterocycles. The third kappa shape index (κ3) is 2.86. The maximum absolute atomic E-state index is 5.39. The predicted molar refractivity (Wildman–Crippen MR) is 65.2 cm³/mol. The van der Waals surface area contributed by atoms with E-state index in [4.69, 9.17) is 4.42 Å². The summed E-state index contributed by atoms with van der Waals surface area (Å²) >= 11 is 0.